The first-order valence-corrected chi connectivity index (χ1v) is 14.5. The van der Waals surface area contributed by atoms with Crippen LogP contribution in [-0.2, 0) is 26.0 Å². The molecular weight excluding hydrogens is 530 g/mol. The molecule has 0 aliphatic rings. The highest BCUT2D eigenvalue weighted by atomic mass is 32.2. The fourth-order valence-corrected chi connectivity index (χ4v) is 5.65. The maximum Gasteiger partial charge on any atom is 0.264 e. The maximum absolute atomic E-state index is 14.0. The first kappa shape index (κ1) is 30.5. The van der Waals surface area contributed by atoms with Gasteiger partial charge >= 0.3 is 0 Å². The summed E-state index contributed by atoms with van der Waals surface area (Å²) < 4.78 is 39.9. The van der Waals surface area contributed by atoms with Crippen LogP contribution in [0.3, 0.4) is 0 Å². The summed E-state index contributed by atoms with van der Waals surface area (Å²) >= 11 is 0. The first-order valence-electron chi connectivity index (χ1n) is 13.0. The Morgan fingerprint density at radius 1 is 0.950 bits per heavy atom. The summed E-state index contributed by atoms with van der Waals surface area (Å²) in [5.74, 6) is -0.216. The van der Waals surface area contributed by atoms with E-state index in [9.17, 15) is 18.0 Å². The normalized spacial score (nSPS) is 11.8. The number of nitrogens with zero attached hydrogens (tertiary/aromatic N) is 2. The molecule has 0 aromatic heterocycles. The van der Waals surface area contributed by atoms with Crippen LogP contribution < -0.4 is 19.1 Å². The van der Waals surface area contributed by atoms with E-state index in [4.69, 9.17) is 9.47 Å². The summed E-state index contributed by atoms with van der Waals surface area (Å²) in [7, 11) is -1.34. The predicted molar refractivity (Wildman–Crippen MR) is 155 cm³/mol. The van der Waals surface area contributed by atoms with Gasteiger partial charge in [-0.3, -0.25) is 13.9 Å². The minimum atomic E-state index is -4.23. The van der Waals surface area contributed by atoms with E-state index in [1.54, 1.807) is 38.1 Å². The van der Waals surface area contributed by atoms with E-state index in [0.717, 1.165) is 15.4 Å². The monoisotopic (exact) mass is 567 g/mol. The first-order chi connectivity index (χ1) is 19.1. The zero-order chi connectivity index (χ0) is 29.3. The van der Waals surface area contributed by atoms with E-state index in [2.05, 4.69) is 5.32 Å². The highest BCUT2D eigenvalue weighted by molar-refractivity contribution is 7.92. The SMILES string of the molecule is CCNC(=O)C(C)N(CCc1ccccc1)C(=O)CN(c1cc(OC)ccc1OC)S(=O)(=O)c1ccc(C)cc1. The molecule has 3 rings (SSSR count). The lowest BCUT2D eigenvalue weighted by Crippen LogP contribution is -2.52. The number of methoxy groups -OCH3 is 2. The van der Waals surface area contributed by atoms with Crippen LogP contribution in [0, 0.1) is 6.92 Å². The molecule has 10 heteroatoms. The van der Waals surface area contributed by atoms with Crippen LogP contribution in [0.2, 0.25) is 0 Å². The van der Waals surface area contributed by atoms with Gasteiger partial charge in [-0.25, -0.2) is 8.42 Å². The van der Waals surface area contributed by atoms with Crippen LogP contribution >= 0.6 is 0 Å². The predicted octanol–water partition coefficient (Wildman–Crippen LogP) is 3.80. The fourth-order valence-electron chi connectivity index (χ4n) is 4.23. The second kappa shape index (κ2) is 13.8. The second-order valence-corrected chi connectivity index (χ2v) is 11.1. The maximum atomic E-state index is 14.0. The molecule has 40 heavy (non-hydrogen) atoms. The third kappa shape index (κ3) is 7.32. The van der Waals surface area contributed by atoms with Crippen molar-refractivity contribution >= 4 is 27.5 Å². The Morgan fingerprint density at radius 3 is 2.23 bits per heavy atom. The van der Waals surface area contributed by atoms with Gasteiger partial charge in [-0.1, -0.05) is 48.0 Å². The molecule has 0 aliphatic heterocycles. The van der Waals surface area contributed by atoms with Gasteiger partial charge in [-0.2, -0.15) is 0 Å². The van der Waals surface area contributed by atoms with Gasteiger partial charge in [0.1, 0.15) is 24.1 Å². The van der Waals surface area contributed by atoms with Gasteiger partial charge in [0, 0.05) is 19.2 Å². The number of sulfonamides is 1. The van der Waals surface area contributed by atoms with Crippen LogP contribution in [0.15, 0.2) is 77.7 Å². The third-order valence-corrected chi connectivity index (χ3v) is 8.32. The summed E-state index contributed by atoms with van der Waals surface area (Å²) in [5, 5.41) is 2.76. The smallest absolute Gasteiger partial charge is 0.264 e. The van der Waals surface area contributed by atoms with Crippen molar-refractivity contribution in [3.8, 4) is 11.5 Å². The lowest BCUT2D eigenvalue weighted by Gasteiger charge is -2.32. The average molecular weight is 568 g/mol. The zero-order valence-electron chi connectivity index (χ0n) is 23.6. The molecule has 3 aromatic rings. The number of carbonyl (C=O) groups excluding carboxylic acids is 2. The molecule has 0 saturated carbocycles. The molecule has 1 unspecified atom stereocenters. The number of anilines is 1. The second-order valence-electron chi connectivity index (χ2n) is 9.26. The molecule has 0 bridgehead atoms. The van der Waals surface area contributed by atoms with Crippen molar-refractivity contribution in [3.05, 3.63) is 83.9 Å². The Bertz CT molecular complexity index is 1390. The van der Waals surface area contributed by atoms with Gasteiger partial charge in [0.25, 0.3) is 10.0 Å². The van der Waals surface area contributed by atoms with Crippen LogP contribution in [0.5, 0.6) is 11.5 Å². The van der Waals surface area contributed by atoms with Crippen LogP contribution in [-0.4, -0.2) is 65.0 Å². The fraction of sp³-hybridized carbons (Fsp3) is 0.333. The Hall–Kier alpha value is -4.05. The van der Waals surface area contributed by atoms with Gasteiger partial charge in [-0.05, 0) is 57.0 Å². The summed E-state index contributed by atoms with van der Waals surface area (Å²) in [6.07, 6.45) is 0.490. The van der Waals surface area contributed by atoms with Crippen molar-refractivity contribution in [2.75, 3.05) is 38.2 Å². The number of hydrogen-bond donors (Lipinski definition) is 1. The number of rotatable bonds is 13. The van der Waals surface area contributed by atoms with Gasteiger partial charge in [0.15, 0.2) is 0 Å². The molecule has 0 heterocycles. The quantitative estimate of drug-likeness (QED) is 0.337. The number of hydrogen-bond acceptors (Lipinski definition) is 6. The Balaban J connectivity index is 2.07. The van der Waals surface area contributed by atoms with Gasteiger partial charge in [0.05, 0.1) is 24.8 Å². The number of nitrogens with one attached hydrogen (secondary N) is 1. The van der Waals surface area contributed by atoms with Gasteiger partial charge < -0.3 is 19.7 Å². The molecule has 1 atom stereocenters. The Morgan fingerprint density at radius 2 is 1.62 bits per heavy atom. The van der Waals surface area contributed by atoms with Crippen molar-refractivity contribution in [2.24, 2.45) is 0 Å². The van der Waals surface area contributed by atoms with E-state index in [0.29, 0.717) is 18.7 Å². The van der Waals surface area contributed by atoms with E-state index < -0.39 is 28.5 Å². The van der Waals surface area contributed by atoms with Crippen molar-refractivity contribution in [3.63, 3.8) is 0 Å². The minimum Gasteiger partial charge on any atom is -0.497 e. The van der Waals surface area contributed by atoms with E-state index in [1.807, 2.05) is 37.3 Å². The lowest BCUT2D eigenvalue weighted by atomic mass is 10.1. The minimum absolute atomic E-state index is 0.0170. The van der Waals surface area contributed by atoms with Crippen LogP contribution in [0.4, 0.5) is 5.69 Å². The molecule has 1 N–H and O–H groups in total. The van der Waals surface area contributed by atoms with Gasteiger partial charge in [0.2, 0.25) is 11.8 Å². The molecule has 0 aliphatic carbocycles. The lowest BCUT2D eigenvalue weighted by molar-refractivity contribution is -0.138. The summed E-state index contributed by atoms with van der Waals surface area (Å²) in [6.45, 7) is 5.35. The topological polar surface area (TPSA) is 105 Å². The average Bonchev–Trinajstić information content (AvgIpc) is 2.96. The van der Waals surface area contributed by atoms with Crippen LogP contribution in [0.1, 0.15) is 25.0 Å². The van der Waals surface area contributed by atoms with Crippen molar-refractivity contribution < 1.29 is 27.5 Å². The van der Waals surface area contributed by atoms with E-state index in [1.165, 1.54) is 37.3 Å². The zero-order valence-corrected chi connectivity index (χ0v) is 24.4. The number of carbonyl (C=O) groups is 2. The number of aryl methyl sites for hydroxylation is 1. The van der Waals surface area contributed by atoms with E-state index >= 15 is 0 Å². The Labute approximate surface area is 236 Å². The number of amides is 2. The number of likely N-dealkylation sites (N-methyl/N-ethyl adjacent to an activating group) is 1. The highest BCUT2D eigenvalue weighted by Gasteiger charge is 2.33. The third-order valence-electron chi connectivity index (χ3n) is 6.55. The van der Waals surface area contributed by atoms with Crippen molar-refractivity contribution in [2.45, 2.75) is 38.1 Å². The van der Waals surface area contributed by atoms with Crippen molar-refractivity contribution in [1.29, 1.82) is 0 Å². The van der Waals surface area contributed by atoms with Gasteiger partial charge in [-0.15, -0.1) is 0 Å². The van der Waals surface area contributed by atoms with E-state index in [-0.39, 0.29) is 28.8 Å². The standard InChI is InChI=1S/C30H37N3O6S/c1-6-31-30(35)23(3)32(19-18-24-10-8-7-9-11-24)29(34)21-33(27-20-25(38-4)14-17-28(27)39-5)40(36,37)26-15-12-22(2)13-16-26/h7-17,20,23H,6,18-19,21H2,1-5H3,(H,31,35). The summed E-state index contributed by atoms with van der Waals surface area (Å²) in [5.41, 5.74) is 2.02. The molecular formula is C30H37N3O6S. The molecule has 0 fully saturated rings. The van der Waals surface area contributed by atoms with Crippen LogP contribution in [0.25, 0.3) is 0 Å². The molecule has 0 saturated heterocycles. The Kier molecular flexibility index (Phi) is 10.6. The van der Waals surface area contributed by atoms with Crippen molar-refractivity contribution in [1.82, 2.24) is 10.2 Å². The molecule has 0 spiro atoms. The molecule has 214 valence electrons. The summed E-state index contributed by atoms with van der Waals surface area (Å²) in [6, 6.07) is 19.9. The molecule has 3 aromatic carbocycles. The number of benzene rings is 3. The number of ether oxygens (including phenoxy) is 2. The summed E-state index contributed by atoms with van der Waals surface area (Å²) in [4.78, 5) is 28.2. The molecule has 0 radical (unpaired) electrons. The molecule has 9 nitrogen and oxygen atoms in total. The highest BCUT2D eigenvalue weighted by Crippen LogP contribution is 2.36. The molecule has 2 amide bonds. The largest absolute Gasteiger partial charge is 0.497 e.